The van der Waals surface area contributed by atoms with E-state index in [2.05, 4.69) is 15.2 Å². The van der Waals surface area contributed by atoms with Crippen LogP contribution in [0.15, 0.2) is 59.8 Å². The van der Waals surface area contributed by atoms with E-state index in [4.69, 9.17) is 0 Å². The summed E-state index contributed by atoms with van der Waals surface area (Å²) in [6.07, 6.45) is 0. The molecule has 0 aliphatic rings. The lowest BCUT2D eigenvalue weighted by atomic mass is 10.1. The number of amides is 1. The Morgan fingerprint density at radius 2 is 1.92 bits per heavy atom. The Labute approximate surface area is 155 Å². The van der Waals surface area contributed by atoms with Crippen LogP contribution in [0.2, 0.25) is 0 Å². The normalized spacial score (nSPS) is 12.5. The van der Waals surface area contributed by atoms with Gasteiger partial charge in [-0.3, -0.25) is 9.20 Å². The third kappa shape index (κ3) is 2.94. The lowest BCUT2D eigenvalue weighted by Crippen LogP contribution is -2.31. The van der Waals surface area contributed by atoms with Gasteiger partial charge in [-0.25, -0.2) is 10.1 Å². The van der Waals surface area contributed by atoms with Crippen molar-refractivity contribution in [2.75, 3.05) is 12.8 Å². The molecule has 0 radical (unpaired) electrons. The predicted octanol–water partition coefficient (Wildman–Crippen LogP) is 3.52. The number of aromatic nitrogens is 4. The zero-order valence-corrected chi connectivity index (χ0v) is 15.4. The van der Waals surface area contributed by atoms with Crippen LogP contribution in [-0.4, -0.2) is 43.2 Å². The highest BCUT2D eigenvalue weighted by Gasteiger charge is 2.19. The molecule has 1 N–H and O–H groups in total. The highest BCUT2D eigenvalue weighted by atomic mass is 32.2. The molecular weight excluding hydrogens is 346 g/mol. The van der Waals surface area contributed by atoms with Gasteiger partial charge in [0.2, 0.25) is 11.7 Å². The molecule has 132 valence electrons. The van der Waals surface area contributed by atoms with Gasteiger partial charge in [0.1, 0.15) is 0 Å². The van der Waals surface area contributed by atoms with Crippen LogP contribution in [-0.2, 0) is 4.79 Å². The maximum Gasteiger partial charge on any atom is 0.233 e. The second kappa shape index (κ2) is 6.84. The summed E-state index contributed by atoms with van der Waals surface area (Å²) in [5.41, 5.74) is 3.01. The molecule has 2 aromatic carbocycles. The molecule has 0 saturated heterocycles. The standard InChI is InChI=1S/C19H19N5OS/c1-13(14-8-4-3-5-9-14)23(2)17(25)12-26-19-22-21-18-20-15-10-6-7-11-16(15)24(18)19/h3-11,13H,12H2,1-2H3,(H,20,21). The third-order valence-corrected chi connectivity index (χ3v) is 5.51. The zero-order chi connectivity index (χ0) is 18.1. The van der Waals surface area contributed by atoms with Crippen molar-refractivity contribution < 1.29 is 4.79 Å². The van der Waals surface area contributed by atoms with Crippen LogP contribution < -0.4 is 0 Å². The summed E-state index contributed by atoms with van der Waals surface area (Å²) >= 11 is 1.41. The highest BCUT2D eigenvalue weighted by molar-refractivity contribution is 7.99. The molecule has 0 bridgehead atoms. The molecule has 1 amide bonds. The fraction of sp³-hybridized carbons (Fsp3) is 0.211. The molecule has 0 spiro atoms. The average molecular weight is 365 g/mol. The van der Waals surface area contributed by atoms with Gasteiger partial charge in [-0.15, -0.1) is 5.10 Å². The molecule has 0 aliphatic heterocycles. The van der Waals surface area contributed by atoms with Crippen LogP contribution in [0.4, 0.5) is 0 Å². The number of nitrogens with one attached hydrogen (secondary N) is 1. The molecule has 0 fully saturated rings. The minimum absolute atomic E-state index is 0.0255. The van der Waals surface area contributed by atoms with Crippen molar-refractivity contribution >= 4 is 34.5 Å². The van der Waals surface area contributed by atoms with Crippen LogP contribution in [0.3, 0.4) is 0 Å². The number of rotatable bonds is 5. The van der Waals surface area contributed by atoms with Crippen LogP contribution in [0.1, 0.15) is 18.5 Å². The predicted molar refractivity (Wildman–Crippen MR) is 103 cm³/mol. The van der Waals surface area contributed by atoms with Crippen molar-refractivity contribution in [3.63, 3.8) is 0 Å². The molecule has 4 aromatic rings. The molecule has 7 heteroatoms. The molecule has 2 heterocycles. The number of benzene rings is 2. The second-order valence-corrected chi connectivity index (χ2v) is 7.09. The Morgan fingerprint density at radius 1 is 1.19 bits per heavy atom. The van der Waals surface area contributed by atoms with Gasteiger partial charge in [0.15, 0.2) is 5.16 Å². The quantitative estimate of drug-likeness (QED) is 0.550. The van der Waals surface area contributed by atoms with E-state index in [1.165, 1.54) is 11.8 Å². The Hall–Kier alpha value is -2.80. The van der Waals surface area contributed by atoms with Gasteiger partial charge in [-0.1, -0.05) is 54.2 Å². The molecular formula is C19H19N5OS. The third-order valence-electron chi connectivity index (χ3n) is 4.58. The van der Waals surface area contributed by atoms with Gasteiger partial charge in [0.05, 0.1) is 22.8 Å². The average Bonchev–Trinajstić information content (AvgIpc) is 3.25. The minimum atomic E-state index is 0.0255. The van der Waals surface area contributed by atoms with Gasteiger partial charge < -0.3 is 4.90 Å². The SMILES string of the molecule is CC(c1ccccc1)N(C)C(=O)CSc1n[nH]c2nc3ccccc3n12. The molecule has 1 unspecified atom stereocenters. The minimum Gasteiger partial charge on any atom is -0.338 e. The molecule has 1 atom stereocenters. The van der Waals surface area contributed by atoms with E-state index in [1.54, 1.807) is 4.90 Å². The monoisotopic (exact) mass is 365 g/mol. The number of nitrogens with zero attached hydrogens (tertiary/aromatic N) is 4. The largest absolute Gasteiger partial charge is 0.338 e. The number of carbonyl (C=O) groups excluding carboxylic acids is 1. The second-order valence-electron chi connectivity index (χ2n) is 6.15. The molecule has 26 heavy (non-hydrogen) atoms. The Bertz CT molecular complexity index is 1060. The van der Waals surface area contributed by atoms with Gasteiger partial charge in [-0.05, 0) is 24.6 Å². The number of hydrogen-bond acceptors (Lipinski definition) is 4. The van der Waals surface area contributed by atoms with Gasteiger partial charge in [-0.2, -0.15) is 0 Å². The van der Waals surface area contributed by atoms with Crippen molar-refractivity contribution in [2.24, 2.45) is 0 Å². The van der Waals surface area contributed by atoms with Gasteiger partial charge in [0, 0.05) is 7.05 Å². The summed E-state index contributed by atoms with van der Waals surface area (Å²) in [7, 11) is 1.84. The summed E-state index contributed by atoms with van der Waals surface area (Å²) in [5, 5.41) is 7.98. The zero-order valence-electron chi connectivity index (χ0n) is 14.6. The fourth-order valence-electron chi connectivity index (χ4n) is 2.94. The summed E-state index contributed by atoms with van der Waals surface area (Å²) in [4.78, 5) is 18.9. The van der Waals surface area contributed by atoms with Crippen molar-refractivity contribution in [3.8, 4) is 0 Å². The lowest BCUT2D eigenvalue weighted by Gasteiger charge is -2.25. The maximum atomic E-state index is 12.6. The van der Waals surface area contributed by atoms with Gasteiger partial charge >= 0.3 is 0 Å². The number of aromatic amines is 1. The Kier molecular flexibility index (Phi) is 4.38. The summed E-state index contributed by atoms with van der Waals surface area (Å²) < 4.78 is 1.95. The number of para-hydroxylation sites is 2. The topological polar surface area (TPSA) is 66.3 Å². The first kappa shape index (κ1) is 16.7. The number of fused-ring (bicyclic) bond motifs is 3. The van der Waals surface area contributed by atoms with Crippen LogP contribution in [0, 0.1) is 0 Å². The van der Waals surface area contributed by atoms with E-state index in [-0.39, 0.29) is 11.9 Å². The molecule has 0 aliphatic carbocycles. The lowest BCUT2D eigenvalue weighted by molar-refractivity contribution is -0.128. The molecule has 2 aromatic heterocycles. The van der Waals surface area contributed by atoms with E-state index in [0.29, 0.717) is 11.5 Å². The number of thioether (sulfide) groups is 1. The summed E-state index contributed by atoms with van der Waals surface area (Å²) in [6.45, 7) is 2.04. The molecule has 0 saturated carbocycles. The van der Waals surface area contributed by atoms with Gasteiger partial charge in [0.25, 0.3) is 0 Å². The number of H-pyrrole nitrogens is 1. The first-order valence-corrected chi connectivity index (χ1v) is 9.38. The highest BCUT2D eigenvalue weighted by Crippen LogP contribution is 2.24. The van der Waals surface area contributed by atoms with E-state index < -0.39 is 0 Å². The number of hydrogen-bond donors (Lipinski definition) is 1. The van der Waals surface area contributed by atoms with E-state index in [1.807, 2.05) is 73.0 Å². The van der Waals surface area contributed by atoms with Crippen molar-refractivity contribution in [1.29, 1.82) is 0 Å². The van der Waals surface area contributed by atoms with E-state index >= 15 is 0 Å². The molecule has 6 nitrogen and oxygen atoms in total. The van der Waals surface area contributed by atoms with Crippen molar-refractivity contribution in [3.05, 3.63) is 60.2 Å². The van der Waals surface area contributed by atoms with Crippen molar-refractivity contribution in [2.45, 2.75) is 18.1 Å². The summed E-state index contributed by atoms with van der Waals surface area (Å²) in [5.74, 6) is 1.07. The first-order chi connectivity index (χ1) is 12.6. The van der Waals surface area contributed by atoms with Crippen LogP contribution >= 0.6 is 11.8 Å². The van der Waals surface area contributed by atoms with E-state index in [0.717, 1.165) is 21.8 Å². The summed E-state index contributed by atoms with van der Waals surface area (Å²) in [6, 6.07) is 18.0. The maximum absolute atomic E-state index is 12.6. The van der Waals surface area contributed by atoms with Crippen molar-refractivity contribution in [1.82, 2.24) is 24.5 Å². The van der Waals surface area contributed by atoms with Crippen LogP contribution in [0.25, 0.3) is 16.8 Å². The number of carbonyl (C=O) groups is 1. The smallest absolute Gasteiger partial charge is 0.233 e. The first-order valence-electron chi connectivity index (χ1n) is 8.40. The Morgan fingerprint density at radius 3 is 2.73 bits per heavy atom. The fourth-order valence-corrected chi connectivity index (χ4v) is 3.82. The van der Waals surface area contributed by atoms with Crippen LogP contribution in [0.5, 0.6) is 0 Å². The number of imidazole rings is 1. The van der Waals surface area contributed by atoms with E-state index in [9.17, 15) is 4.79 Å². The Balaban J connectivity index is 1.50. The molecule has 4 rings (SSSR count).